The molecule has 0 saturated heterocycles. The van der Waals surface area contributed by atoms with Gasteiger partial charge in [0.15, 0.2) is 0 Å². The van der Waals surface area contributed by atoms with Gasteiger partial charge in [0.2, 0.25) is 11.8 Å². The number of alkyl carbamates (subject to hydrolysis) is 2. The van der Waals surface area contributed by atoms with Crippen molar-refractivity contribution in [2.75, 3.05) is 13.6 Å². The first-order valence-corrected chi connectivity index (χ1v) is 20.4. The van der Waals surface area contributed by atoms with E-state index in [-0.39, 0.29) is 51.5 Å². The highest BCUT2D eigenvalue weighted by atomic mass is 16.7. The minimum Gasteiger partial charge on any atom is -0.445 e. The number of nitrogens with one attached hydrogen (secondary N) is 3. The van der Waals surface area contributed by atoms with Gasteiger partial charge in [-0.1, -0.05) is 135 Å². The highest BCUT2D eigenvalue weighted by Gasteiger charge is 2.41. The molecule has 0 heterocycles. The summed E-state index contributed by atoms with van der Waals surface area (Å²) in [7, 11) is 1.49. The van der Waals surface area contributed by atoms with Crippen LogP contribution < -0.4 is 16.0 Å². The molecule has 4 aromatic carbocycles. The smallest absolute Gasteiger partial charge is 0.414 e. The van der Waals surface area contributed by atoms with Crippen molar-refractivity contribution < 1.29 is 38.3 Å². The van der Waals surface area contributed by atoms with Gasteiger partial charge >= 0.3 is 12.2 Å². The maximum absolute atomic E-state index is 15.1. The van der Waals surface area contributed by atoms with Gasteiger partial charge in [-0.2, -0.15) is 0 Å². The second-order valence-electron chi connectivity index (χ2n) is 14.8. The zero-order chi connectivity index (χ0) is 42.2. The zero-order valence-electron chi connectivity index (χ0n) is 34.3. The lowest BCUT2D eigenvalue weighted by Gasteiger charge is -2.35. The van der Waals surface area contributed by atoms with Crippen molar-refractivity contribution in [3.8, 4) is 0 Å². The topological polar surface area (TPSA) is 152 Å². The van der Waals surface area contributed by atoms with Gasteiger partial charge in [0, 0.05) is 13.6 Å². The number of hydrogen-bond donors (Lipinski definition) is 3. The largest absolute Gasteiger partial charge is 0.445 e. The Morgan fingerprint density at radius 2 is 1.08 bits per heavy atom. The molecular formula is C47H58N4O8. The van der Waals surface area contributed by atoms with Crippen molar-refractivity contribution in [1.29, 1.82) is 0 Å². The number of ether oxygens (including phenoxy) is 2. The Hall–Kier alpha value is -6.01. The summed E-state index contributed by atoms with van der Waals surface area (Å²) in [4.78, 5) is 74.6. The third-order valence-electron chi connectivity index (χ3n) is 9.78. The molecule has 0 radical (unpaired) electrons. The van der Waals surface area contributed by atoms with Crippen molar-refractivity contribution >= 4 is 29.9 Å². The summed E-state index contributed by atoms with van der Waals surface area (Å²) in [5.41, 5.74) is 3.48. The van der Waals surface area contributed by atoms with E-state index < -0.39 is 47.8 Å². The Morgan fingerprint density at radius 1 is 0.576 bits per heavy atom. The highest BCUT2D eigenvalue weighted by Crippen LogP contribution is 2.30. The number of imide groups is 1. The summed E-state index contributed by atoms with van der Waals surface area (Å²) >= 11 is 0. The Labute approximate surface area is 348 Å². The maximum Gasteiger partial charge on any atom is 0.414 e. The Balaban J connectivity index is 1.55. The van der Waals surface area contributed by atoms with Crippen LogP contribution in [0.3, 0.4) is 0 Å². The predicted molar refractivity (Wildman–Crippen MR) is 225 cm³/mol. The standard InChI is InChI=1S/C47H58N4O8/c1-35(2)31-41(40(28-18-27-36-19-8-4-9-20-36)43(52)50-47(56)58-33-38-23-12-6-13-24-38)45(54)51(59-34-39-25-14-7-15-26-39)42(44(53)48-3)29-16-17-30-49-46(55)57-32-37-21-10-5-11-22-37/h4-15,19-26,35,40-42H,16-18,27-34H2,1-3H3,(H,48,53)(H,49,55)(H,50,52,56)/t40?,41-,42+/m1/s1. The number of nitrogens with zero attached hydrogens (tertiary/aromatic N) is 1. The number of hydroxylamine groups is 2. The Kier molecular flexibility index (Phi) is 19.6. The van der Waals surface area contributed by atoms with Crippen molar-refractivity contribution in [3.63, 3.8) is 0 Å². The first kappa shape index (κ1) is 45.7. The van der Waals surface area contributed by atoms with Crippen LogP contribution in [0, 0.1) is 17.8 Å². The van der Waals surface area contributed by atoms with Gasteiger partial charge in [0.05, 0.1) is 11.8 Å². The van der Waals surface area contributed by atoms with Crippen LogP contribution in [0.25, 0.3) is 0 Å². The Bertz CT molecular complexity index is 1860. The van der Waals surface area contributed by atoms with E-state index in [1.165, 1.54) is 7.05 Å². The summed E-state index contributed by atoms with van der Waals surface area (Å²) in [6.45, 7) is 4.28. The number of unbranched alkanes of at least 4 members (excludes halogenated alkanes) is 1. The normalized spacial score (nSPS) is 12.4. The predicted octanol–water partition coefficient (Wildman–Crippen LogP) is 7.91. The number of rotatable bonds is 23. The molecule has 12 nitrogen and oxygen atoms in total. The second kappa shape index (κ2) is 25.4. The summed E-state index contributed by atoms with van der Waals surface area (Å²) in [6, 6.07) is 36.5. The molecular weight excluding hydrogens is 749 g/mol. The van der Waals surface area contributed by atoms with Crippen LogP contribution in [-0.4, -0.2) is 54.6 Å². The monoisotopic (exact) mass is 806 g/mol. The first-order valence-electron chi connectivity index (χ1n) is 20.4. The van der Waals surface area contributed by atoms with Gasteiger partial charge in [0.1, 0.15) is 25.9 Å². The fourth-order valence-corrected chi connectivity index (χ4v) is 6.72. The van der Waals surface area contributed by atoms with Gasteiger partial charge in [-0.25, -0.2) is 14.7 Å². The lowest BCUT2D eigenvalue weighted by molar-refractivity contribution is -0.213. The average Bonchev–Trinajstić information content (AvgIpc) is 3.26. The fraction of sp³-hybridized carbons (Fsp3) is 0.383. The molecule has 0 aromatic heterocycles. The summed E-state index contributed by atoms with van der Waals surface area (Å²) < 4.78 is 10.7. The molecule has 0 fully saturated rings. The molecule has 3 atom stereocenters. The van der Waals surface area contributed by atoms with E-state index in [4.69, 9.17) is 14.3 Å². The van der Waals surface area contributed by atoms with Gasteiger partial charge in [-0.15, -0.1) is 0 Å². The molecule has 3 N–H and O–H groups in total. The van der Waals surface area contributed by atoms with Crippen LogP contribution >= 0.6 is 0 Å². The van der Waals surface area contributed by atoms with Crippen LogP contribution in [0.4, 0.5) is 9.59 Å². The molecule has 1 unspecified atom stereocenters. The maximum atomic E-state index is 15.1. The summed E-state index contributed by atoms with van der Waals surface area (Å²) in [6.07, 6.45) is 1.41. The van der Waals surface area contributed by atoms with Crippen LogP contribution in [0.2, 0.25) is 0 Å². The minimum absolute atomic E-state index is 0.0139. The van der Waals surface area contributed by atoms with E-state index in [2.05, 4.69) is 16.0 Å². The molecule has 314 valence electrons. The average molecular weight is 807 g/mol. The molecule has 0 spiro atoms. The number of amides is 5. The Morgan fingerprint density at radius 3 is 1.61 bits per heavy atom. The number of benzene rings is 4. The summed E-state index contributed by atoms with van der Waals surface area (Å²) in [5.74, 6) is -3.59. The molecule has 0 bridgehead atoms. The van der Waals surface area contributed by atoms with Crippen LogP contribution in [0.15, 0.2) is 121 Å². The third kappa shape index (κ3) is 16.4. The van der Waals surface area contributed by atoms with Gasteiger partial charge in [0.25, 0.3) is 5.91 Å². The van der Waals surface area contributed by atoms with Gasteiger partial charge < -0.3 is 20.1 Å². The first-order chi connectivity index (χ1) is 28.6. The number of carbonyl (C=O) groups excluding carboxylic acids is 5. The van der Waals surface area contributed by atoms with E-state index in [0.29, 0.717) is 25.7 Å². The lowest BCUT2D eigenvalue weighted by atomic mass is 9.80. The molecule has 0 aliphatic rings. The van der Waals surface area contributed by atoms with E-state index in [0.717, 1.165) is 27.3 Å². The lowest BCUT2D eigenvalue weighted by Crippen LogP contribution is -2.53. The van der Waals surface area contributed by atoms with Crippen molar-refractivity contribution in [2.24, 2.45) is 17.8 Å². The highest BCUT2D eigenvalue weighted by molar-refractivity contribution is 5.96. The molecule has 59 heavy (non-hydrogen) atoms. The van der Waals surface area contributed by atoms with Crippen LogP contribution in [0.5, 0.6) is 0 Å². The SMILES string of the molecule is CNC(=O)[C@H](CCCCNC(=O)OCc1ccccc1)N(OCc1ccccc1)C(=O)[C@H](CC(C)C)C(CCCc1ccccc1)C(=O)NC(=O)OCc1ccccc1. The van der Waals surface area contributed by atoms with Crippen LogP contribution in [-0.2, 0) is 54.9 Å². The van der Waals surface area contributed by atoms with Crippen molar-refractivity contribution in [3.05, 3.63) is 144 Å². The number of likely N-dealkylation sites (N-methyl/N-ethyl adjacent to an activating group) is 1. The summed E-state index contributed by atoms with van der Waals surface area (Å²) in [5, 5.41) is 8.97. The molecule has 5 amide bonds. The second-order valence-corrected chi connectivity index (χ2v) is 14.8. The van der Waals surface area contributed by atoms with E-state index in [1.54, 1.807) is 0 Å². The third-order valence-corrected chi connectivity index (χ3v) is 9.78. The van der Waals surface area contributed by atoms with E-state index in [9.17, 15) is 19.2 Å². The zero-order valence-corrected chi connectivity index (χ0v) is 34.3. The number of aryl methyl sites for hydroxylation is 1. The number of hydrogen-bond acceptors (Lipinski definition) is 8. The molecule has 4 rings (SSSR count). The van der Waals surface area contributed by atoms with Gasteiger partial charge in [-0.3, -0.25) is 24.5 Å². The van der Waals surface area contributed by atoms with E-state index in [1.807, 2.05) is 135 Å². The number of carbonyl (C=O) groups is 5. The van der Waals surface area contributed by atoms with E-state index >= 15 is 4.79 Å². The molecule has 12 heteroatoms. The van der Waals surface area contributed by atoms with Crippen LogP contribution in [0.1, 0.15) is 74.6 Å². The quantitative estimate of drug-likeness (QED) is 0.0505. The molecule has 0 saturated carbocycles. The van der Waals surface area contributed by atoms with Crippen molar-refractivity contribution in [1.82, 2.24) is 21.0 Å². The molecule has 0 aliphatic carbocycles. The molecule has 4 aromatic rings. The van der Waals surface area contributed by atoms with Crippen molar-refractivity contribution in [2.45, 2.75) is 84.7 Å². The van der Waals surface area contributed by atoms with Gasteiger partial charge in [-0.05, 0) is 73.1 Å². The minimum atomic E-state index is -1.07. The fourth-order valence-electron chi connectivity index (χ4n) is 6.72. The molecule has 0 aliphatic heterocycles.